The van der Waals surface area contributed by atoms with Gasteiger partial charge < -0.3 is 20.0 Å². The second-order valence-electron chi connectivity index (χ2n) is 9.79. The van der Waals surface area contributed by atoms with Gasteiger partial charge in [0, 0.05) is 41.4 Å². The molecule has 8 nitrogen and oxygen atoms in total. The van der Waals surface area contributed by atoms with E-state index < -0.39 is 6.04 Å². The van der Waals surface area contributed by atoms with Gasteiger partial charge in [0.15, 0.2) is 6.04 Å². The van der Waals surface area contributed by atoms with E-state index in [0.717, 1.165) is 42.1 Å². The van der Waals surface area contributed by atoms with E-state index in [2.05, 4.69) is 15.6 Å². The molecule has 0 aliphatic heterocycles. The van der Waals surface area contributed by atoms with Gasteiger partial charge in [-0.25, -0.2) is 0 Å². The third-order valence-corrected chi connectivity index (χ3v) is 7.02. The molecule has 2 aromatic carbocycles. The zero-order chi connectivity index (χ0) is 26.5. The van der Waals surface area contributed by atoms with E-state index in [0.29, 0.717) is 17.1 Å². The minimum Gasteiger partial charge on any atom is -0.467 e. The van der Waals surface area contributed by atoms with E-state index in [1.807, 2.05) is 30.5 Å². The summed E-state index contributed by atoms with van der Waals surface area (Å²) in [6.07, 6.45) is 8.60. The molecule has 1 atom stereocenters. The molecule has 5 rings (SSSR count). The van der Waals surface area contributed by atoms with E-state index in [1.165, 1.54) is 24.5 Å². The lowest BCUT2D eigenvalue weighted by molar-refractivity contribution is -0.127. The van der Waals surface area contributed by atoms with Crippen LogP contribution >= 0.6 is 0 Å². The monoisotopic (exact) mass is 512 g/mol. The Balaban J connectivity index is 1.52. The number of nitrogens with zero attached hydrogens (tertiary/aromatic N) is 1. The Morgan fingerprint density at radius 1 is 1.00 bits per heavy atom. The lowest BCUT2D eigenvalue weighted by Gasteiger charge is -2.32. The SMILES string of the molecule is CC(=O)Nc1ccc(N(C(=O)Cc2c[nH]c3ccccc23)[C@H](C(=O)NC2CCCCC2)c2ccco2)cc1. The van der Waals surface area contributed by atoms with E-state index >= 15 is 0 Å². The highest BCUT2D eigenvalue weighted by Gasteiger charge is 2.36. The van der Waals surface area contributed by atoms with Crippen molar-refractivity contribution in [3.63, 3.8) is 0 Å². The summed E-state index contributed by atoms with van der Waals surface area (Å²) in [6, 6.07) is 17.3. The van der Waals surface area contributed by atoms with Crippen molar-refractivity contribution in [2.75, 3.05) is 10.2 Å². The normalized spacial score (nSPS) is 14.7. The van der Waals surface area contributed by atoms with Crippen LogP contribution in [0.25, 0.3) is 10.9 Å². The zero-order valence-electron chi connectivity index (χ0n) is 21.4. The average Bonchev–Trinajstić information content (AvgIpc) is 3.59. The molecule has 0 unspecified atom stereocenters. The minimum atomic E-state index is -0.990. The highest BCUT2D eigenvalue weighted by Crippen LogP contribution is 2.32. The molecule has 2 heterocycles. The molecule has 38 heavy (non-hydrogen) atoms. The van der Waals surface area contributed by atoms with Gasteiger partial charge in [-0.1, -0.05) is 37.5 Å². The van der Waals surface area contributed by atoms with Crippen molar-refractivity contribution in [3.8, 4) is 0 Å². The third-order valence-electron chi connectivity index (χ3n) is 7.02. The summed E-state index contributed by atoms with van der Waals surface area (Å²) < 4.78 is 5.72. The first-order chi connectivity index (χ1) is 18.5. The van der Waals surface area contributed by atoms with Crippen molar-refractivity contribution >= 4 is 40.0 Å². The molecule has 0 bridgehead atoms. The van der Waals surface area contributed by atoms with Crippen LogP contribution in [0.5, 0.6) is 0 Å². The highest BCUT2D eigenvalue weighted by atomic mass is 16.3. The largest absolute Gasteiger partial charge is 0.467 e. The molecule has 1 aliphatic carbocycles. The van der Waals surface area contributed by atoms with Gasteiger partial charge in [0.05, 0.1) is 12.7 Å². The maximum atomic E-state index is 14.1. The fourth-order valence-corrected chi connectivity index (χ4v) is 5.22. The molecule has 3 amide bonds. The van der Waals surface area contributed by atoms with E-state index in [1.54, 1.807) is 36.4 Å². The first-order valence-electron chi connectivity index (χ1n) is 13.1. The summed E-state index contributed by atoms with van der Waals surface area (Å²) in [4.78, 5) is 44.2. The van der Waals surface area contributed by atoms with Crippen molar-refractivity contribution in [1.82, 2.24) is 10.3 Å². The van der Waals surface area contributed by atoms with Crippen molar-refractivity contribution in [2.24, 2.45) is 0 Å². The van der Waals surface area contributed by atoms with Crippen LogP contribution in [0.2, 0.25) is 0 Å². The number of hydrogen-bond acceptors (Lipinski definition) is 4. The second kappa shape index (κ2) is 11.4. The van der Waals surface area contributed by atoms with Crippen LogP contribution in [0.3, 0.4) is 0 Å². The van der Waals surface area contributed by atoms with Crippen LogP contribution in [-0.2, 0) is 20.8 Å². The van der Waals surface area contributed by atoms with Gasteiger partial charge in [0.1, 0.15) is 5.76 Å². The number of carbonyl (C=O) groups is 3. The van der Waals surface area contributed by atoms with Crippen LogP contribution in [0.4, 0.5) is 11.4 Å². The molecule has 0 saturated heterocycles. The Labute approximate surface area is 221 Å². The summed E-state index contributed by atoms with van der Waals surface area (Å²) in [5, 5.41) is 6.89. The van der Waals surface area contributed by atoms with Crippen molar-refractivity contribution < 1.29 is 18.8 Å². The standard InChI is InChI=1S/C30H32N4O4/c1-20(35)32-23-13-15-24(16-14-23)34(28(36)18-21-19-31-26-11-6-5-10-25(21)26)29(27-12-7-17-38-27)30(37)33-22-8-3-2-4-9-22/h5-7,10-17,19,22,29,31H,2-4,8-9,18H2,1H3,(H,32,35)(H,33,37)/t29-/m0/s1. The molecule has 1 aliphatic rings. The van der Waals surface area contributed by atoms with E-state index in [4.69, 9.17) is 4.42 Å². The van der Waals surface area contributed by atoms with Crippen molar-refractivity contribution in [3.05, 3.63) is 84.4 Å². The fourth-order valence-electron chi connectivity index (χ4n) is 5.22. The summed E-state index contributed by atoms with van der Waals surface area (Å²) in [5.74, 6) is -0.325. The number of carbonyl (C=O) groups excluding carboxylic acids is 3. The number of aromatic amines is 1. The number of nitrogens with one attached hydrogen (secondary N) is 3. The number of H-pyrrole nitrogens is 1. The predicted molar refractivity (Wildman–Crippen MR) is 147 cm³/mol. The number of hydrogen-bond donors (Lipinski definition) is 3. The molecule has 1 fully saturated rings. The predicted octanol–water partition coefficient (Wildman–Crippen LogP) is 5.49. The molecule has 3 N–H and O–H groups in total. The van der Waals surface area contributed by atoms with Gasteiger partial charge in [-0.2, -0.15) is 0 Å². The molecule has 4 aromatic rings. The molecule has 8 heteroatoms. The van der Waals surface area contributed by atoms with Gasteiger partial charge in [0.25, 0.3) is 5.91 Å². The fraction of sp³-hybridized carbons (Fsp3) is 0.300. The zero-order valence-corrected chi connectivity index (χ0v) is 21.4. The average molecular weight is 513 g/mol. The van der Waals surface area contributed by atoms with Crippen molar-refractivity contribution in [1.29, 1.82) is 0 Å². The number of rotatable bonds is 8. The topological polar surface area (TPSA) is 107 Å². The summed E-state index contributed by atoms with van der Waals surface area (Å²) >= 11 is 0. The van der Waals surface area contributed by atoms with Crippen molar-refractivity contribution in [2.45, 2.75) is 57.5 Å². The Morgan fingerprint density at radius 2 is 1.76 bits per heavy atom. The number of amides is 3. The Morgan fingerprint density at radius 3 is 2.47 bits per heavy atom. The molecule has 2 aromatic heterocycles. The molecular formula is C30H32N4O4. The van der Waals surface area contributed by atoms with Gasteiger partial charge in [-0.15, -0.1) is 0 Å². The van der Waals surface area contributed by atoms with Crippen LogP contribution in [0, 0.1) is 0 Å². The number of anilines is 2. The Bertz CT molecular complexity index is 1400. The van der Waals surface area contributed by atoms with Gasteiger partial charge in [-0.05, 0) is 60.9 Å². The van der Waals surface area contributed by atoms with Crippen LogP contribution in [0.1, 0.15) is 56.4 Å². The highest BCUT2D eigenvalue weighted by molar-refractivity contribution is 6.03. The maximum absolute atomic E-state index is 14.1. The Kier molecular flexibility index (Phi) is 7.58. The number of benzene rings is 2. The molecule has 0 spiro atoms. The van der Waals surface area contributed by atoms with Crippen LogP contribution in [0.15, 0.2) is 77.5 Å². The molecule has 0 radical (unpaired) electrons. The molecular weight excluding hydrogens is 480 g/mol. The maximum Gasteiger partial charge on any atom is 0.251 e. The summed E-state index contributed by atoms with van der Waals surface area (Å²) in [7, 11) is 0. The number of para-hydroxylation sites is 1. The smallest absolute Gasteiger partial charge is 0.251 e. The second-order valence-corrected chi connectivity index (χ2v) is 9.79. The Hall–Kier alpha value is -4.33. The summed E-state index contributed by atoms with van der Waals surface area (Å²) in [5.41, 5.74) is 2.92. The lowest BCUT2D eigenvalue weighted by atomic mass is 9.95. The quantitative estimate of drug-likeness (QED) is 0.290. The lowest BCUT2D eigenvalue weighted by Crippen LogP contribution is -2.47. The van der Waals surface area contributed by atoms with Crippen LogP contribution in [-0.4, -0.2) is 28.7 Å². The number of furan rings is 1. The molecule has 1 saturated carbocycles. The molecule has 196 valence electrons. The number of fused-ring (bicyclic) bond motifs is 1. The van der Waals surface area contributed by atoms with Gasteiger partial charge in [-0.3, -0.25) is 19.3 Å². The first kappa shape index (κ1) is 25.3. The van der Waals surface area contributed by atoms with E-state index in [9.17, 15) is 14.4 Å². The van der Waals surface area contributed by atoms with E-state index in [-0.39, 0.29) is 30.2 Å². The van der Waals surface area contributed by atoms with Gasteiger partial charge in [0.2, 0.25) is 11.8 Å². The first-order valence-corrected chi connectivity index (χ1v) is 13.1. The van der Waals surface area contributed by atoms with Crippen LogP contribution < -0.4 is 15.5 Å². The summed E-state index contributed by atoms with van der Waals surface area (Å²) in [6.45, 7) is 1.44. The minimum absolute atomic E-state index is 0.0708. The third kappa shape index (κ3) is 5.64. The van der Waals surface area contributed by atoms with Gasteiger partial charge >= 0.3 is 0 Å². The number of aromatic nitrogens is 1.